The number of benzene rings is 2. The van der Waals surface area contributed by atoms with Gasteiger partial charge in [0.2, 0.25) is 5.91 Å². The molecule has 1 aromatic heterocycles. The van der Waals surface area contributed by atoms with E-state index in [9.17, 15) is 4.79 Å². The molecule has 1 saturated heterocycles. The average molecular weight is 424 g/mol. The first-order chi connectivity index (χ1) is 14.5. The van der Waals surface area contributed by atoms with E-state index in [1.54, 1.807) is 7.11 Å². The van der Waals surface area contributed by atoms with Crippen molar-refractivity contribution in [3.63, 3.8) is 0 Å². The summed E-state index contributed by atoms with van der Waals surface area (Å²) in [5.74, 6) is 1.29. The zero-order chi connectivity index (χ0) is 21.1. The lowest BCUT2D eigenvalue weighted by Gasteiger charge is -2.30. The molecule has 0 saturated carbocycles. The third-order valence-electron chi connectivity index (χ3n) is 5.87. The number of ether oxygens (including phenoxy) is 1. The van der Waals surface area contributed by atoms with Gasteiger partial charge in [-0.1, -0.05) is 31.2 Å². The Morgan fingerprint density at radius 1 is 1.30 bits per heavy atom. The smallest absolute Gasteiger partial charge is 0.233 e. The number of methoxy groups -OCH3 is 1. The van der Waals surface area contributed by atoms with Crippen molar-refractivity contribution in [2.45, 2.75) is 39.2 Å². The van der Waals surface area contributed by atoms with E-state index in [1.807, 2.05) is 37.3 Å². The molecule has 1 amide bonds. The monoisotopic (exact) mass is 423 g/mol. The topological polar surface area (TPSA) is 54.5 Å². The minimum Gasteiger partial charge on any atom is -0.497 e. The molecule has 0 bridgehead atoms. The summed E-state index contributed by atoms with van der Waals surface area (Å²) in [7, 11) is 1.67. The number of likely N-dealkylation sites (tertiary alicyclic amines) is 1. The highest BCUT2D eigenvalue weighted by Gasteiger charge is 2.19. The molecule has 1 aliphatic heterocycles. The molecule has 0 unspecified atom stereocenters. The van der Waals surface area contributed by atoms with Crippen LogP contribution in [0, 0.1) is 5.92 Å². The molecule has 158 valence electrons. The van der Waals surface area contributed by atoms with Crippen molar-refractivity contribution in [1.29, 1.82) is 0 Å². The molecule has 3 aromatic rings. The molecule has 2 heterocycles. The highest BCUT2D eigenvalue weighted by Crippen LogP contribution is 2.27. The van der Waals surface area contributed by atoms with Crippen LogP contribution >= 0.6 is 11.3 Å². The van der Waals surface area contributed by atoms with E-state index in [2.05, 4.69) is 33.6 Å². The molecule has 0 spiro atoms. The van der Waals surface area contributed by atoms with E-state index >= 15 is 0 Å². The molecule has 1 fully saturated rings. The number of carbonyl (C=O) groups excluding carboxylic acids is 1. The number of hydrogen-bond donors (Lipinski definition) is 1. The molecule has 0 aliphatic carbocycles. The second-order valence-electron chi connectivity index (χ2n) is 8.31. The predicted octanol–water partition coefficient (Wildman–Crippen LogP) is 5.28. The second kappa shape index (κ2) is 9.14. The lowest BCUT2D eigenvalue weighted by Crippen LogP contribution is -2.33. The number of rotatable bonds is 6. The normalized spacial score (nSPS) is 18.3. The van der Waals surface area contributed by atoms with Crippen LogP contribution in [0.2, 0.25) is 0 Å². The molecular formula is C24H29N3O2S. The molecule has 2 aromatic carbocycles. The fourth-order valence-electron chi connectivity index (χ4n) is 4.10. The Balaban J connectivity index is 1.40. The van der Waals surface area contributed by atoms with Crippen LogP contribution in [0.25, 0.3) is 10.8 Å². The Hall–Kier alpha value is -2.44. The van der Waals surface area contributed by atoms with Gasteiger partial charge in [-0.05, 0) is 60.7 Å². The van der Waals surface area contributed by atoms with Gasteiger partial charge in [0, 0.05) is 18.5 Å². The molecule has 6 heteroatoms. The third-order valence-corrected chi connectivity index (χ3v) is 6.68. The summed E-state index contributed by atoms with van der Waals surface area (Å²) in [4.78, 5) is 19.9. The number of piperidine rings is 1. The molecule has 4 rings (SSSR count). The summed E-state index contributed by atoms with van der Waals surface area (Å²) in [6, 6.07) is 12.1. The van der Waals surface area contributed by atoms with Crippen LogP contribution in [0.1, 0.15) is 43.9 Å². The number of anilines is 1. The maximum Gasteiger partial charge on any atom is 0.233 e. The lowest BCUT2D eigenvalue weighted by atomic mass is 9.97. The number of amides is 1. The molecule has 1 aliphatic rings. The van der Waals surface area contributed by atoms with Crippen LogP contribution < -0.4 is 10.1 Å². The molecule has 1 N–H and O–H groups in total. The first kappa shape index (κ1) is 20.8. The van der Waals surface area contributed by atoms with Crippen LogP contribution in [0.5, 0.6) is 5.75 Å². The van der Waals surface area contributed by atoms with E-state index in [4.69, 9.17) is 4.74 Å². The summed E-state index contributed by atoms with van der Waals surface area (Å²) in [5.41, 5.74) is 2.03. The number of thiazole rings is 1. The number of nitrogens with zero attached hydrogens (tertiary/aromatic N) is 2. The minimum atomic E-state index is -0.258. The largest absolute Gasteiger partial charge is 0.497 e. The number of hydrogen-bond acceptors (Lipinski definition) is 5. The van der Waals surface area contributed by atoms with Gasteiger partial charge >= 0.3 is 0 Å². The van der Waals surface area contributed by atoms with Gasteiger partial charge < -0.3 is 10.1 Å². The maximum atomic E-state index is 12.8. The summed E-state index contributed by atoms with van der Waals surface area (Å²) >= 11 is 1.50. The molecule has 5 nitrogen and oxygen atoms in total. The molecule has 0 radical (unpaired) electrons. The van der Waals surface area contributed by atoms with Gasteiger partial charge in [0.05, 0.1) is 18.7 Å². The van der Waals surface area contributed by atoms with Crippen LogP contribution in [-0.2, 0) is 11.3 Å². The standard InChI is InChI=1S/C24H29N3O2S/c1-16-5-4-10-27(13-16)14-21-15-30-24(25-21)26-23(28)17(2)18-6-7-20-12-22(29-3)9-8-19(20)11-18/h6-9,11-12,15-17H,4-5,10,13-14H2,1-3H3,(H,25,26,28)/t16-,17-/m0/s1. The van der Waals surface area contributed by atoms with Crippen molar-refractivity contribution in [1.82, 2.24) is 9.88 Å². The molecule has 2 atom stereocenters. The molecular weight excluding hydrogens is 394 g/mol. The van der Waals surface area contributed by atoms with Gasteiger partial charge in [0.15, 0.2) is 5.13 Å². The fraction of sp³-hybridized carbons (Fsp3) is 0.417. The predicted molar refractivity (Wildman–Crippen MR) is 123 cm³/mol. The summed E-state index contributed by atoms with van der Waals surface area (Å²) in [6.07, 6.45) is 2.57. The molecule has 30 heavy (non-hydrogen) atoms. The summed E-state index contributed by atoms with van der Waals surface area (Å²) < 4.78 is 5.29. The van der Waals surface area contributed by atoms with Crippen molar-refractivity contribution in [3.8, 4) is 5.75 Å². The average Bonchev–Trinajstić information content (AvgIpc) is 3.19. The van der Waals surface area contributed by atoms with Crippen LogP contribution in [0.3, 0.4) is 0 Å². The van der Waals surface area contributed by atoms with Crippen molar-refractivity contribution < 1.29 is 9.53 Å². The van der Waals surface area contributed by atoms with E-state index < -0.39 is 0 Å². The van der Waals surface area contributed by atoms with Crippen molar-refractivity contribution in [2.75, 3.05) is 25.5 Å². The van der Waals surface area contributed by atoms with Crippen LogP contribution in [0.4, 0.5) is 5.13 Å². The SMILES string of the molecule is COc1ccc2cc([C@H](C)C(=O)Nc3nc(CN4CCC[C@H](C)C4)cs3)ccc2c1. The minimum absolute atomic E-state index is 0.0321. The first-order valence-corrected chi connectivity index (χ1v) is 11.4. The highest BCUT2D eigenvalue weighted by atomic mass is 32.1. The van der Waals surface area contributed by atoms with Gasteiger partial charge in [0.1, 0.15) is 5.75 Å². The van der Waals surface area contributed by atoms with Gasteiger partial charge in [-0.2, -0.15) is 0 Å². The van der Waals surface area contributed by atoms with Crippen molar-refractivity contribution >= 4 is 33.1 Å². The van der Waals surface area contributed by atoms with Gasteiger partial charge in [0.25, 0.3) is 0 Å². The van der Waals surface area contributed by atoms with E-state index in [0.717, 1.165) is 53.3 Å². The van der Waals surface area contributed by atoms with Gasteiger partial charge in [-0.15, -0.1) is 11.3 Å². The van der Waals surface area contributed by atoms with Crippen LogP contribution in [0.15, 0.2) is 41.8 Å². The van der Waals surface area contributed by atoms with E-state index in [1.165, 1.54) is 24.2 Å². The van der Waals surface area contributed by atoms with Crippen molar-refractivity contribution in [2.24, 2.45) is 5.92 Å². The first-order valence-electron chi connectivity index (χ1n) is 10.6. The second-order valence-corrected chi connectivity index (χ2v) is 9.17. The zero-order valence-corrected chi connectivity index (χ0v) is 18.7. The number of nitrogens with one attached hydrogen (secondary N) is 1. The fourth-order valence-corrected chi connectivity index (χ4v) is 4.80. The number of fused-ring (bicyclic) bond motifs is 1. The third kappa shape index (κ3) is 4.82. The maximum absolute atomic E-state index is 12.8. The Kier molecular flexibility index (Phi) is 6.35. The summed E-state index contributed by atoms with van der Waals surface area (Å²) in [5, 5.41) is 7.94. The van der Waals surface area contributed by atoms with E-state index in [-0.39, 0.29) is 11.8 Å². The Labute approximate surface area is 182 Å². The van der Waals surface area contributed by atoms with Gasteiger partial charge in [-0.25, -0.2) is 4.98 Å². The Morgan fingerprint density at radius 2 is 2.10 bits per heavy atom. The van der Waals surface area contributed by atoms with Crippen molar-refractivity contribution in [3.05, 3.63) is 53.0 Å². The quantitative estimate of drug-likeness (QED) is 0.586. The number of aromatic nitrogens is 1. The lowest BCUT2D eigenvalue weighted by molar-refractivity contribution is -0.117. The van der Waals surface area contributed by atoms with E-state index in [0.29, 0.717) is 5.13 Å². The highest BCUT2D eigenvalue weighted by molar-refractivity contribution is 7.13. The van der Waals surface area contributed by atoms with Gasteiger partial charge in [-0.3, -0.25) is 9.69 Å². The Morgan fingerprint density at radius 3 is 2.90 bits per heavy atom. The Bertz CT molecular complexity index is 1030. The number of carbonyl (C=O) groups is 1. The zero-order valence-electron chi connectivity index (χ0n) is 17.9. The summed E-state index contributed by atoms with van der Waals surface area (Å²) in [6.45, 7) is 7.37. The van der Waals surface area contributed by atoms with Crippen LogP contribution in [-0.4, -0.2) is 36.0 Å².